The van der Waals surface area contributed by atoms with E-state index in [1.165, 1.54) is 11.1 Å². The van der Waals surface area contributed by atoms with Crippen molar-refractivity contribution in [1.82, 2.24) is 4.98 Å². The van der Waals surface area contributed by atoms with Gasteiger partial charge in [-0.2, -0.15) is 0 Å². The fourth-order valence-corrected chi connectivity index (χ4v) is 5.04. The quantitative estimate of drug-likeness (QED) is 0.597. The van der Waals surface area contributed by atoms with Gasteiger partial charge in [0.25, 0.3) is 6.47 Å². The van der Waals surface area contributed by atoms with Crippen LogP contribution in [0.5, 0.6) is 11.5 Å². The molecule has 0 radical (unpaired) electrons. The molecule has 0 saturated heterocycles. The molecule has 1 aliphatic carbocycles. The van der Waals surface area contributed by atoms with E-state index in [4.69, 9.17) is 19.2 Å². The molecule has 2 aliphatic rings. The maximum atomic E-state index is 11.4. The summed E-state index contributed by atoms with van der Waals surface area (Å²) in [5, 5.41) is 0.952. The van der Waals surface area contributed by atoms with Crippen molar-refractivity contribution in [3.05, 3.63) is 58.8 Å². The van der Waals surface area contributed by atoms with E-state index in [0.29, 0.717) is 24.4 Å². The van der Waals surface area contributed by atoms with E-state index in [1.54, 1.807) is 14.2 Å². The van der Waals surface area contributed by atoms with Gasteiger partial charge in [-0.1, -0.05) is 24.3 Å². The van der Waals surface area contributed by atoms with E-state index < -0.39 is 0 Å². The number of carbonyl (C=O) groups is 1. The lowest BCUT2D eigenvalue weighted by Gasteiger charge is -2.33. The highest BCUT2D eigenvalue weighted by molar-refractivity contribution is 5.99. The molecular formula is C24H24N2O4. The van der Waals surface area contributed by atoms with Crippen LogP contribution in [0.3, 0.4) is 0 Å². The van der Waals surface area contributed by atoms with E-state index in [-0.39, 0.29) is 12.3 Å². The zero-order chi connectivity index (χ0) is 20.8. The molecule has 2 atom stereocenters. The summed E-state index contributed by atoms with van der Waals surface area (Å²) >= 11 is 0. The van der Waals surface area contributed by atoms with Crippen molar-refractivity contribution in [3.8, 4) is 11.5 Å². The fourth-order valence-electron chi connectivity index (χ4n) is 5.04. The molecule has 2 heterocycles. The van der Waals surface area contributed by atoms with Crippen LogP contribution < -0.4 is 14.4 Å². The number of carbonyl (C=O) groups excluding carboxylic acids is 1. The van der Waals surface area contributed by atoms with Gasteiger partial charge in [0.2, 0.25) is 0 Å². The van der Waals surface area contributed by atoms with Crippen LogP contribution in [0.4, 0.5) is 5.69 Å². The monoisotopic (exact) mass is 404 g/mol. The Kier molecular flexibility index (Phi) is 4.50. The Labute approximate surface area is 175 Å². The molecule has 0 bridgehead atoms. The molecule has 2 aromatic carbocycles. The number of fused-ring (bicyclic) bond motifs is 4. The van der Waals surface area contributed by atoms with Gasteiger partial charge in [0.15, 0.2) is 6.23 Å². The van der Waals surface area contributed by atoms with Gasteiger partial charge in [-0.05, 0) is 37.0 Å². The number of aryl methyl sites for hydroxylation is 2. The lowest BCUT2D eigenvalue weighted by atomic mass is 10.0. The Balaban J connectivity index is 1.77. The first-order valence-electron chi connectivity index (χ1n) is 10.2. The first-order chi connectivity index (χ1) is 14.7. The van der Waals surface area contributed by atoms with Crippen LogP contribution in [-0.2, 0) is 22.4 Å². The minimum atomic E-state index is -0.364. The van der Waals surface area contributed by atoms with Gasteiger partial charge in [-0.3, -0.25) is 4.79 Å². The molecule has 2 unspecified atom stereocenters. The first-order valence-corrected chi connectivity index (χ1v) is 10.2. The van der Waals surface area contributed by atoms with Crippen LogP contribution in [0, 0.1) is 6.92 Å². The zero-order valence-electron chi connectivity index (χ0n) is 17.3. The number of hydrogen-bond acceptors (Lipinski definition) is 6. The number of aromatic nitrogens is 1. The van der Waals surface area contributed by atoms with Gasteiger partial charge in [-0.15, -0.1) is 0 Å². The van der Waals surface area contributed by atoms with Gasteiger partial charge < -0.3 is 19.1 Å². The molecule has 0 N–H and O–H groups in total. The summed E-state index contributed by atoms with van der Waals surface area (Å²) in [6.45, 7) is 2.56. The lowest BCUT2D eigenvalue weighted by molar-refractivity contribution is -0.133. The Hall–Kier alpha value is -3.28. The van der Waals surface area contributed by atoms with Gasteiger partial charge in [0, 0.05) is 29.1 Å². The summed E-state index contributed by atoms with van der Waals surface area (Å²) in [7, 11) is 3.29. The standard InChI is InChI=1S/C24H24N2O4/c1-14-18-12-22(30-13-27)26(20-9-8-15-6-4-5-7-17(15)20)24(18)19-10-16(28-2)11-21(29-3)23(19)25-14/h4-7,10-11,13,20,22H,8-9,12H2,1-3H3. The van der Waals surface area contributed by atoms with E-state index in [1.807, 2.05) is 19.1 Å². The average molecular weight is 404 g/mol. The third kappa shape index (κ3) is 2.70. The van der Waals surface area contributed by atoms with Crippen LogP contribution in [0.25, 0.3) is 10.9 Å². The van der Waals surface area contributed by atoms with Crippen molar-refractivity contribution in [2.24, 2.45) is 0 Å². The predicted octanol–water partition coefficient (Wildman–Crippen LogP) is 4.11. The highest BCUT2D eigenvalue weighted by Crippen LogP contribution is 2.49. The molecule has 154 valence electrons. The number of methoxy groups -OCH3 is 2. The van der Waals surface area contributed by atoms with E-state index in [9.17, 15) is 4.79 Å². The minimum Gasteiger partial charge on any atom is -0.497 e. The Bertz CT molecular complexity index is 1140. The molecule has 1 aliphatic heterocycles. The molecule has 0 fully saturated rings. The molecule has 30 heavy (non-hydrogen) atoms. The van der Waals surface area contributed by atoms with Crippen molar-refractivity contribution in [2.45, 2.75) is 38.5 Å². The number of anilines is 1. The number of hydrogen-bond donors (Lipinski definition) is 0. The summed E-state index contributed by atoms with van der Waals surface area (Å²) < 4.78 is 16.8. The topological polar surface area (TPSA) is 60.9 Å². The second kappa shape index (κ2) is 7.20. The molecule has 0 amide bonds. The molecule has 0 spiro atoms. The largest absolute Gasteiger partial charge is 0.497 e. The van der Waals surface area contributed by atoms with Crippen LogP contribution in [0.1, 0.15) is 34.8 Å². The van der Waals surface area contributed by atoms with Crippen LogP contribution in [0.2, 0.25) is 0 Å². The number of ether oxygens (including phenoxy) is 3. The highest BCUT2D eigenvalue weighted by Gasteiger charge is 2.41. The third-order valence-corrected chi connectivity index (χ3v) is 6.36. The number of benzene rings is 2. The van der Waals surface area contributed by atoms with Crippen molar-refractivity contribution >= 4 is 23.1 Å². The Morgan fingerprint density at radius 2 is 2.00 bits per heavy atom. The van der Waals surface area contributed by atoms with Gasteiger partial charge in [-0.25, -0.2) is 4.98 Å². The van der Waals surface area contributed by atoms with E-state index in [0.717, 1.165) is 40.7 Å². The Morgan fingerprint density at radius 1 is 1.17 bits per heavy atom. The molecule has 3 aromatic rings. The molecule has 6 heteroatoms. The second-order valence-corrected chi connectivity index (χ2v) is 7.80. The number of nitrogens with zero attached hydrogens (tertiary/aromatic N) is 2. The minimum absolute atomic E-state index is 0.134. The SMILES string of the molecule is COc1cc(OC)c2nc(C)c3c(c2c1)N(C1CCc2ccccc21)C(OC=O)C3. The maximum Gasteiger partial charge on any atom is 0.295 e. The second-order valence-electron chi connectivity index (χ2n) is 7.80. The number of pyridine rings is 1. The van der Waals surface area contributed by atoms with Crippen LogP contribution in [0.15, 0.2) is 36.4 Å². The lowest BCUT2D eigenvalue weighted by Crippen LogP contribution is -2.36. The summed E-state index contributed by atoms with van der Waals surface area (Å²) in [5.41, 5.74) is 6.53. The molecule has 5 rings (SSSR count). The van der Waals surface area contributed by atoms with Crippen molar-refractivity contribution < 1.29 is 19.0 Å². The molecule has 0 saturated carbocycles. The van der Waals surface area contributed by atoms with E-state index in [2.05, 4.69) is 29.2 Å². The van der Waals surface area contributed by atoms with Gasteiger partial charge in [0.1, 0.15) is 17.0 Å². The smallest absolute Gasteiger partial charge is 0.295 e. The van der Waals surface area contributed by atoms with Gasteiger partial charge >= 0.3 is 0 Å². The third-order valence-electron chi connectivity index (χ3n) is 6.36. The van der Waals surface area contributed by atoms with Crippen molar-refractivity contribution in [2.75, 3.05) is 19.1 Å². The average Bonchev–Trinajstić information content (AvgIpc) is 3.35. The first kappa shape index (κ1) is 18.7. The summed E-state index contributed by atoms with van der Waals surface area (Å²) in [6, 6.07) is 12.5. The zero-order valence-corrected chi connectivity index (χ0v) is 17.3. The van der Waals surface area contributed by atoms with Crippen molar-refractivity contribution in [1.29, 1.82) is 0 Å². The summed E-state index contributed by atoms with van der Waals surface area (Å²) in [5.74, 6) is 1.38. The highest BCUT2D eigenvalue weighted by atomic mass is 16.5. The van der Waals surface area contributed by atoms with Crippen LogP contribution >= 0.6 is 0 Å². The normalized spacial score (nSPS) is 19.5. The number of rotatable bonds is 5. The molecule has 1 aromatic heterocycles. The van der Waals surface area contributed by atoms with Crippen molar-refractivity contribution in [3.63, 3.8) is 0 Å². The molecule has 6 nitrogen and oxygen atoms in total. The molecular weight excluding hydrogens is 380 g/mol. The fraction of sp³-hybridized carbons (Fsp3) is 0.333. The van der Waals surface area contributed by atoms with Gasteiger partial charge in [0.05, 0.1) is 25.9 Å². The predicted molar refractivity (Wildman–Crippen MR) is 114 cm³/mol. The van der Waals surface area contributed by atoms with Crippen LogP contribution in [-0.4, -0.2) is 31.9 Å². The Morgan fingerprint density at radius 3 is 2.77 bits per heavy atom. The summed E-state index contributed by atoms with van der Waals surface area (Å²) in [6.07, 6.45) is 2.23. The maximum absolute atomic E-state index is 11.4. The van der Waals surface area contributed by atoms with E-state index >= 15 is 0 Å². The summed E-state index contributed by atoms with van der Waals surface area (Å²) in [4.78, 5) is 18.5.